The zero-order valence-corrected chi connectivity index (χ0v) is 17.6. The quantitative estimate of drug-likeness (QED) is 0.755. The van der Waals surface area contributed by atoms with Gasteiger partial charge in [-0.25, -0.2) is 0 Å². The fraction of sp³-hybridized carbons (Fsp3) is 0.435. The Morgan fingerprint density at radius 1 is 1.07 bits per heavy atom. The number of nitrogens with zero attached hydrogens (tertiary/aromatic N) is 3. The highest BCUT2D eigenvalue weighted by atomic mass is 35.5. The van der Waals surface area contributed by atoms with Crippen LogP contribution in [0, 0.1) is 0 Å². The Balaban J connectivity index is 1.26. The van der Waals surface area contributed by atoms with E-state index in [9.17, 15) is 5.11 Å². The molecule has 1 unspecified atom stereocenters. The van der Waals surface area contributed by atoms with Crippen molar-refractivity contribution in [2.45, 2.75) is 43.9 Å². The summed E-state index contributed by atoms with van der Waals surface area (Å²) >= 11 is 5.91. The number of halogens is 1. The van der Waals surface area contributed by atoms with Gasteiger partial charge in [-0.05, 0) is 61.2 Å². The molecule has 5 nitrogen and oxygen atoms in total. The molecular formula is C23H28ClN3O2. The molecule has 0 radical (unpaired) electrons. The normalized spacial score (nSPS) is 21.5. The first-order valence-electron chi connectivity index (χ1n) is 10.2. The van der Waals surface area contributed by atoms with Crippen molar-refractivity contribution in [1.82, 2.24) is 9.91 Å². The first-order valence-corrected chi connectivity index (χ1v) is 10.6. The van der Waals surface area contributed by atoms with E-state index in [2.05, 4.69) is 22.1 Å². The maximum absolute atomic E-state index is 11.0. The number of hydrogen-bond acceptors (Lipinski definition) is 5. The van der Waals surface area contributed by atoms with Crippen molar-refractivity contribution in [2.75, 3.05) is 20.1 Å². The van der Waals surface area contributed by atoms with Gasteiger partial charge in [0, 0.05) is 44.3 Å². The third-order valence-electron chi connectivity index (χ3n) is 5.95. The van der Waals surface area contributed by atoms with Crippen LogP contribution in [-0.2, 0) is 6.54 Å². The van der Waals surface area contributed by atoms with E-state index >= 15 is 0 Å². The lowest BCUT2D eigenvalue weighted by Gasteiger charge is -2.40. The van der Waals surface area contributed by atoms with Gasteiger partial charge < -0.3 is 9.84 Å². The van der Waals surface area contributed by atoms with E-state index in [0.29, 0.717) is 11.1 Å². The highest BCUT2D eigenvalue weighted by Crippen LogP contribution is 2.31. The molecule has 2 aromatic rings. The number of hydrogen-bond donors (Lipinski definition) is 1. The minimum absolute atomic E-state index is 0.333. The summed E-state index contributed by atoms with van der Waals surface area (Å²) in [7, 11) is 1.99. The molecule has 2 heterocycles. The summed E-state index contributed by atoms with van der Waals surface area (Å²) in [6.07, 6.45) is 5.31. The van der Waals surface area contributed by atoms with Crippen molar-refractivity contribution in [3.8, 4) is 11.5 Å². The van der Waals surface area contributed by atoms with Crippen LogP contribution < -0.4 is 4.74 Å². The summed E-state index contributed by atoms with van der Waals surface area (Å²) in [5.74, 6) is 1.59. The lowest BCUT2D eigenvalue weighted by atomic mass is 9.84. The Morgan fingerprint density at radius 3 is 2.28 bits per heavy atom. The van der Waals surface area contributed by atoms with Crippen LogP contribution in [0.5, 0.6) is 11.5 Å². The van der Waals surface area contributed by atoms with Gasteiger partial charge in [-0.1, -0.05) is 23.7 Å². The van der Waals surface area contributed by atoms with Crippen molar-refractivity contribution < 1.29 is 9.84 Å². The number of benzene rings is 2. The van der Waals surface area contributed by atoms with E-state index in [4.69, 9.17) is 16.3 Å². The molecule has 0 bridgehead atoms. The predicted molar refractivity (Wildman–Crippen MR) is 117 cm³/mol. The van der Waals surface area contributed by atoms with Crippen LogP contribution in [0.2, 0.25) is 5.02 Å². The molecule has 0 aliphatic carbocycles. The van der Waals surface area contributed by atoms with Gasteiger partial charge in [-0.2, -0.15) is 5.10 Å². The van der Waals surface area contributed by atoms with Gasteiger partial charge in [-0.15, -0.1) is 0 Å². The maximum Gasteiger partial charge on any atom is 0.127 e. The number of ether oxygens (including phenoxy) is 1. The van der Waals surface area contributed by atoms with E-state index in [1.807, 2.05) is 54.7 Å². The Hall–Kier alpha value is -2.08. The highest BCUT2D eigenvalue weighted by molar-refractivity contribution is 6.30. The molecule has 2 aliphatic rings. The first-order chi connectivity index (χ1) is 14.0. The molecule has 154 valence electrons. The highest BCUT2D eigenvalue weighted by Gasteiger charge is 2.36. The first kappa shape index (κ1) is 20.2. The van der Waals surface area contributed by atoms with Crippen LogP contribution >= 0.6 is 11.6 Å². The van der Waals surface area contributed by atoms with Crippen LogP contribution in [0.4, 0.5) is 0 Å². The van der Waals surface area contributed by atoms with Crippen LogP contribution in [0.3, 0.4) is 0 Å². The number of hydrazone groups is 1. The lowest BCUT2D eigenvalue weighted by Crippen LogP contribution is -2.47. The van der Waals surface area contributed by atoms with Gasteiger partial charge in [0.15, 0.2) is 0 Å². The summed E-state index contributed by atoms with van der Waals surface area (Å²) in [5.41, 5.74) is 0.683. The Morgan fingerprint density at radius 2 is 1.69 bits per heavy atom. The van der Waals surface area contributed by atoms with E-state index in [1.165, 1.54) is 5.56 Å². The van der Waals surface area contributed by atoms with Crippen LogP contribution in [0.25, 0.3) is 0 Å². The zero-order valence-electron chi connectivity index (χ0n) is 16.8. The summed E-state index contributed by atoms with van der Waals surface area (Å²) in [5, 5.41) is 18.0. The molecule has 2 aromatic carbocycles. The van der Waals surface area contributed by atoms with Gasteiger partial charge in [0.2, 0.25) is 0 Å². The molecule has 1 fully saturated rings. The molecular weight excluding hydrogens is 386 g/mol. The molecule has 1 atom stereocenters. The third kappa shape index (κ3) is 5.30. The SMILES string of the molecule is CN1N=CCC1CC1(O)CCN(Cc2ccc(Oc3ccc(Cl)cc3)cc2)CC1. The second kappa shape index (κ2) is 8.74. The Kier molecular flexibility index (Phi) is 6.09. The van der Waals surface area contributed by atoms with Crippen molar-refractivity contribution in [3.05, 3.63) is 59.1 Å². The largest absolute Gasteiger partial charge is 0.457 e. The molecule has 2 aliphatic heterocycles. The lowest BCUT2D eigenvalue weighted by molar-refractivity contribution is -0.0432. The van der Waals surface area contributed by atoms with Gasteiger partial charge in [-0.3, -0.25) is 9.91 Å². The fourth-order valence-electron chi connectivity index (χ4n) is 4.09. The summed E-state index contributed by atoms with van der Waals surface area (Å²) < 4.78 is 5.86. The fourth-order valence-corrected chi connectivity index (χ4v) is 4.22. The second-order valence-electron chi connectivity index (χ2n) is 8.17. The van der Waals surface area contributed by atoms with Gasteiger partial charge in [0.1, 0.15) is 11.5 Å². The monoisotopic (exact) mass is 413 g/mol. The van der Waals surface area contributed by atoms with Crippen molar-refractivity contribution in [3.63, 3.8) is 0 Å². The van der Waals surface area contributed by atoms with E-state index in [1.54, 1.807) is 0 Å². The van der Waals surface area contributed by atoms with Crippen molar-refractivity contribution in [2.24, 2.45) is 5.10 Å². The van der Waals surface area contributed by atoms with Crippen LogP contribution in [-0.4, -0.2) is 53.0 Å². The van der Waals surface area contributed by atoms with E-state index < -0.39 is 5.60 Å². The molecule has 0 aromatic heterocycles. The Bertz CT molecular complexity index is 830. The van der Waals surface area contributed by atoms with Gasteiger partial charge in [0.25, 0.3) is 0 Å². The van der Waals surface area contributed by atoms with Crippen LogP contribution in [0.1, 0.15) is 31.2 Å². The van der Waals surface area contributed by atoms with Crippen LogP contribution in [0.15, 0.2) is 53.6 Å². The third-order valence-corrected chi connectivity index (χ3v) is 6.20. The minimum atomic E-state index is -0.570. The minimum Gasteiger partial charge on any atom is -0.457 e. The van der Waals surface area contributed by atoms with Gasteiger partial charge in [0.05, 0.1) is 11.6 Å². The van der Waals surface area contributed by atoms with Crippen molar-refractivity contribution in [1.29, 1.82) is 0 Å². The molecule has 1 N–H and O–H groups in total. The standard InChI is InChI=1S/C23H28ClN3O2/c1-26-20(10-13-25-26)16-23(28)11-14-27(15-12-23)17-18-2-6-21(7-3-18)29-22-8-4-19(24)5-9-22/h2-9,13,20,28H,10-12,14-17H2,1H3. The molecule has 0 spiro atoms. The molecule has 6 heteroatoms. The average molecular weight is 414 g/mol. The number of aliphatic hydroxyl groups is 1. The van der Waals surface area contributed by atoms with E-state index in [0.717, 1.165) is 56.8 Å². The summed E-state index contributed by atoms with van der Waals surface area (Å²) in [6, 6.07) is 15.9. The summed E-state index contributed by atoms with van der Waals surface area (Å²) in [4.78, 5) is 2.42. The topological polar surface area (TPSA) is 48.3 Å². The maximum atomic E-state index is 11.0. The summed E-state index contributed by atoms with van der Waals surface area (Å²) in [6.45, 7) is 2.72. The Labute approximate surface area is 177 Å². The van der Waals surface area contributed by atoms with Crippen molar-refractivity contribution >= 4 is 17.8 Å². The number of rotatable bonds is 6. The predicted octanol–water partition coefficient (Wildman–Crippen LogP) is 4.54. The smallest absolute Gasteiger partial charge is 0.127 e. The molecule has 1 saturated heterocycles. The number of likely N-dealkylation sites (tertiary alicyclic amines) is 1. The molecule has 0 saturated carbocycles. The van der Waals surface area contributed by atoms with E-state index in [-0.39, 0.29) is 0 Å². The molecule has 4 rings (SSSR count). The average Bonchev–Trinajstić information content (AvgIpc) is 3.11. The molecule has 29 heavy (non-hydrogen) atoms. The zero-order chi connectivity index (χ0) is 20.3. The molecule has 0 amide bonds. The number of piperidine rings is 1. The second-order valence-corrected chi connectivity index (χ2v) is 8.60. The van der Waals surface area contributed by atoms with Gasteiger partial charge >= 0.3 is 0 Å².